The number of rotatable bonds is 9. The number of carbonyl (C=O) groups is 2. The zero-order chi connectivity index (χ0) is 24.7. The van der Waals surface area contributed by atoms with Gasteiger partial charge < -0.3 is 20.1 Å². The number of ether oxygens (including phenoxy) is 2. The van der Waals surface area contributed by atoms with Crippen LogP contribution in [0.4, 0.5) is 15.8 Å². The molecule has 0 atom stereocenters. The molecule has 0 unspecified atom stereocenters. The maximum absolute atomic E-state index is 14.0. The molecule has 3 aromatic rings. The number of methoxy groups -OCH3 is 2. The number of amides is 2. The summed E-state index contributed by atoms with van der Waals surface area (Å²) in [7, 11) is 4.59. The van der Waals surface area contributed by atoms with Gasteiger partial charge in [-0.05, 0) is 31.3 Å². The van der Waals surface area contributed by atoms with Crippen molar-refractivity contribution in [2.24, 2.45) is 0 Å². The highest BCUT2D eigenvalue weighted by Crippen LogP contribution is 2.36. The van der Waals surface area contributed by atoms with Gasteiger partial charge in [-0.3, -0.25) is 14.5 Å². The van der Waals surface area contributed by atoms with E-state index in [1.165, 1.54) is 26.4 Å². The van der Waals surface area contributed by atoms with E-state index in [-0.39, 0.29) is 24.9 Å². The number of carbonyl (C=O) groups excluding carboxylic acids is 2. The number of anilines is 2. The van der Waals surface area contributed by atoms with Gasteiger partial charge >= 0.3 is 0 Å². The lowest BCUT2D eigenvalue weighted by molar-refractivity contribution is -0.117. The molecular weight excluding hydrogens is 461 g/mol. The lowest BCUT2D eigenvalue weighted by Gasteiger charge is -2.19. The summed E-state index contributed by atoms with van der Waals surface area (Å²) in [6.07, 6.45) is 0. The van der Waals surface area contributed by atoms with Crippen LogP contribution in [-0.4, -0.2) is 44.5 Å². The molecule has 0 aromatic heterocycles. The zero-order valence-electron chi connectivity index (χ0n) is 19.0. The molecule has 0 aliphatic rings. The Bertz CT molecular complexity index is 1150. The Morgan fingerprint density at radius 3 is 2.15 bits per heavy atom. The minimum Gasteiger partial charge on any atom is -0.494 e. The molecule has 178 valence electrons. The second-order valence-corrected chi connectivity index (χ2v) is 7.90. The molecule has 0 saturated heterocycles. The number of halogens is 2. The van der Waals surface area contributed by atoms with Crippen LogP contribution < -0.4 is 20.1 Å². The first-order chi connectivity index (χ1) is 16.3. The van der Waals surface area contributed by atoms with Gasteiger partial charge in [0.2, 0.25) is 5.91 Å². The number of likely N-dealkylation sites (N-methyl/N-ethyl adjacent to an activating group) is 1. The summed E-state index contributed by atoms with van der Waals surface area (Å²) >= 11 is 6.08. The Morgan fingerprint density at radius 2 is 1.56 bits per heavy atom. The average molecular weight is 486 g/mol. The summed E-state index contributed by atoms with van der Waals surface area (Å²) in [5.41, 5.74) is 1.55. The topological polar surface area (TPSA) is 79.9 Å². The fraction of sp³-hybridized carbons (Fsp3) is 0.200. The maximum Gasteiger partial charge on any atom is 0.255 e. The quantitative estimate of drug-likeness (QED) is 0.454. The van der Waals surface area contributed by atoms with Gasteiger partial charge in [0.1, 0.15) is 17.3 Å². The molecule has 0 heterocycles. The third-order valence-corrected chi connectivity index (χ3v) is 5.34. The van der Waals surface area contributed by atoms with E-state index in [1.54, 1.807) is 54.4 Å². The van der Waals surface area contributed by atoms with Crippen LogP contribution in [0.3, 0.4) is 0 Å². The van der Waals surface area contributed by atoms with Crippen molar-refractivity contribution in [3.63, 3.8) is 0 Å². The Morgan fingerprint density at radius 1 is 0.941 bits per heavy atom. The van der Waals surface area contributed by atoms with E-state index >= 15 is 0 Å². The first kappa shape index (κ1) is 25.0. The van der Waals surface area contributed by atoms with Crippen LogP contribution in [0.15, 0.2) is 60.7 Å². The van der Waals surface area contributed by atoms with E-state index in [2.05, 4.69) is 10.6 Å². The van der Waals surface area contributed by atoms with Gasteiger partial charge in [-0.2, -0.15) is 0 Å². The van der Waals surface area contributed by atoms with E-state index in [4.69, 9.17) is 21.1 Å². The molecule has 0 fully saturated rings. The van der Waals surface area contributed by atoms with E-state index < -0.39 is 5.82 Å². The lowest BCUT2D eigenvalue weighted by atomic mass is 10.2. The van der Waals surface area contributed by atoms with Gasteiger partial charge in [0.05, 0.1) is 32.1 Å². The van der Waals surface area contributed by atoms with Gasteiger partial charge in [-0.1, -0.05) is 35.9 Å². The van der Waals surface area contributed by atoms with E-state index in [1.807, 2.05) is 6.07 Å². The predicted octanol–water partition coefficient (Wildman–Crippen LogP) is 4.82. The summed E-state index contributed by atoms with van der Waals surface area (Å²) in [5.74, 6) is -0.425. The van der Waals surface area contributed by atoms with Crippen molar-refractivity contribution < 1.29 is 23.5 Å². The molecule has 0 saturated carbocycles. The molecule has 9 heteroatoms. The molecule has 2 amide bonds. The summed E-state index contributed by atoms with van der Waals surface area (Å²) in [6.45, 7) is 0.131. The summed E-state index contributed by atoms with van der Waals surface area (Å²) < 4.78 is 24.8. The largest absolute Gasteiger partial charge is 0.494 e. The van der Waals surface area contributed by atoms with Gasteiger partial charge in [-0.25, -0.2) is 4.39 Å². The molecule has 0 aliphatic carbocycles. The van der Waals surface area contributed by atoms with Crippen LogP contribution in [0.2, 0.25) is 5.02 Å². The van der Waals surface area contributed by atoms with E-state index in [0.717, 1.165) is 0 Å². The minimum absolute atomic E-state index is 0.0252. The molecule has 0 spiro atoms. The van der Waals surface area contributed by atoms with Crippen molar-refractivity contribution in [1.29, 1.82) is 0 Å². The lowest BCUT2D eigenvalue weighted by Crippen LogP contribution is -2.30. The van der Waals surface area contributed by atoms with Crippen molar-refractivity contribution in [3.8, 4) is 11.5 Å². The minimum atomic E-state index is -0.431. The predicted molar refractivity (Wildman–Crippen MR) is 130 cm³/mol. The van der Waals surface area contributed by atoms with Crippen LogP contribution in [0.1, 0.15) is 15.9 Å². The zero-order valence-corrected chi connectivity index (χ0v) is 19.8. The summed E-state index contributed by atoms with van der Waals surface area (Å²) in [4.78, 5) is 26.8. The van der Waals surface area contributed by atoms with Crippen LogP contribution in [0.5, 0.6) is 11.5 Å². The maximum atomic E-state index is 14.0. The Kier molecular flexibility index (Phi) is 8.45. The van der Waals surface area contributed by atoms with E-state index in [0.29, 0.717) is 39.0 Å². The second kappa shape index (κ2) is 11.5. The number of benzene rings is 3. The van der Waals surface area contributed by atoms with Crippen LogP contribution in [0.25, 0.3) is 0 Å². The molecule has 3 aromatic carbocycles. The number of hydrogen-bond acceptors (Lipinski definition) is 5. The van der Waals surface area contributed by atoms with Gasteiger partial charge in [0.15, 0.2) is 0 Å². The SMILES string of the molecule is COc1cc(NC(=O)c2ccccc2)c(OC)cc1NC(=O)CN(C)Cc1c(F)cccc1Cl. The monoisotopic (exact) mass is 485 g/mol. The van der Waals surface area contributed by atoms with Gasteiger partial charge in [-0.15, -0.1) is 0 Å². The van der Waals surface area contributed by atoms with E-state index in [9.17, 15) is 14.0 Å². The molecule has 0 bridgehead atoms. The normalized spacial score (nSPS) is 10.6. The molecular formula is C25H25ClFN3O4. The number of nitrogens with one attached hydrogen (secondary N) is 2. The Balaban J connectivity index is 1.72. The van der Waals surface area contributed by atoms with Crippen molar-refractivity contribution >= 4 is 34.8 Å². The first-order valence-electron chi connectivity index (χ1n) is 10.4. The third kappa shape index (κ3) is 6.24. The first-order valence-corrected chi connectivity index (χ1v) is 10.7. The molecule has 0 radical (unpaired) electrons. The molecule has 34 heavy (non-hydrogen) atoms. The third-order valence-electron chi connectivity index (χ3n) is 4.98. The standard InChI is InChI=1S/C25H25ClFN3O4/c1-30(14-17-18(26)10-7-11-19(17)27)15-24(31)28-20-12-23(34-3)21(13-22(20)33-2)29-25(32)16-8-5-4-6-9-16/h4-13H,14-15H2,1-3H3,(H,28,31)(H,29,32). The molecule has 7 nitrogen and oxygen atoms in total. The highest BCUT2D eigenvalue weighted by Gasteiger charge is 2.18. The molecule has 2 N–H and O–H groups in total. The number of nitrogens with zero attached hydrogens (tertiary/aromatic N) is 1. The fourth-order valence-electron chi connectivity index (χ4n) is 3.32. The second-order valence-electron chi connectivity index (χ2n) is 7.49. The van der Waals surface area contributed by atoms with Crippen molar-refractivity contribution in [1.82, 2.24) is 4.90 Å². The average Bonchev–Trinajstić information content (AvgIpc) is 2.82. The fourth-order valence-corrected chi connectivity index (χ4v) is 3.54. The van der Waals surface area contributed by atoms with Crippen LogP contribution in [0, 0.1) is 5.82 Å². The van der Waals surface area contributed by atoms with Crippen LogP contribution in [-0.2, 0) is 11.3 Å². The molecule has 0 aliphatic heterocycles. The van der Waals surface area contributed by atoms with Crippen molar-refractivity contribution in [2.45, 2.75) is 6.54 Å². The van der Waals surface area contributed by atoms with Crippen molar-refractivity contribution in [3.05, 3.63) is 82.6 Å². The van der Waals surface area contributed by atoms with Gasteiger partial charge in [0.25, 0.3) is 5.91 Å². The smallest absolute Gasteiger partial charge is 0.255 e. The summed E-state index contributed by atoms with van der Waals surface area (Å²) in [5, 5.41) is 5.86. The highest BCUT2D eigenvalue weighted by atomic mass is 35.5. The highest BCUT2D eigenvalue weighted by molar-refractivity contribution is 6.31. The van der Waals surface area contributed by atoms with Crippen molar-refractivity contribution in [2.75, 3.05) is 38.4 Å². The molecule has 3 rings (SSSR count). The number of hydrogen-bond donors (Lipinski definition) is 2. The summed E-state index contributed by atoms with van der Waals surface area (Å²) in [6, 6.07) is 16.3. The van der Waals surface area contributed by atoms with Crippen LogP contribution >= 0.6 is 11.6 Å². The Labute approximate surface area is 202 Å². The van der Waals surface area contributed by atoms with Gasteiger partial charge in [0, 0.05) is 34.8 Å². The Hall–Kier alpha value is -3.62.